The zero-order valence-corrected chi connectivity index (χ0v) is 51.4. The van der Waals surface area contributed by atoms with Crippen LogP contribution in [0.25, 0.3) is 98.4 Å². The lowest BCUT2D eigenvalue weighted by Gasteiger charge is -2.33. The standard InChI is InChI=1S/C46H56B28O/c47-17-3(8-9(24(54)38(68)37(67)23(8)53)10-12(17)30(60)40(70)39(69)25(10)55)1-4-6(21(51)35(65)33(63)19(4)49)2(7-5(1)20(50)34(64)36(66)22(7)52)11-26(56)28(58)14(29(59)27(11)57)13-18(48)15-16-32(62)41(71)42(72)44(74)46(16)75-45(15)43(73)31(13)61/h47-74H2. The summed E-state index contributed by atoms with van der Waals surface area (Å²) in [7, 11) is 66.5. The minimum atomic E-state index is 1.03. The van der Waals surface area contributed by atoms with Gasteiger partial charge in [-0.15, -0.1) is 49.2 Å². The van der Waals surface area contributed by atoms with Gasteiger partial charge in [-0.2, -0.15) is 0 Å². The number of hydrogen-bond acceptors (Lipinski definition) is 1. The quantitative estimate of drug-likeness (QED) is 0.0978. The monoisotopic (exact) mass is 933 g/mol. The molecule has 1 aromatic heterocycles. The molecule has 0 aliphatic heterocycles. The van der Waals surface area contributed by atoms with Gasteiger partial charge in [0, 0.05) is 10.8 Å². The lowest BCUT2D eigenvalue weighted by molar-refractivity contribution is 0.675. The Labute approximate surface area is 472 Å². The van der Waals surface area contributed by atoms with Crippen LogP contribution in [0.1, 0.15) is 0 Å². The predicted molar refractivity (Wildman–Crippen MR) is 429 cm³/mol. The van der Waals surface area contributed by atoms with E-state index in [0.717, 1.165) is 11.2 Å². The molecule has 10 rings (SSSR count). The zero-order chi connectivity index (χ0) is 55.3. The molecule has 0 saturated carbocycles. The van der Waals surface area contributed by atoms with Crippen molar-refractivity contribution in [1.82, 2.24) is 0 Å². The largest absolute Gasteiger partial charge is 0.457 e. The molecule has 0 atom stereocenters. The van der Waals surface area contributed by atoms with Gasteiger partial charge in [0.25, 0.3) is 0 Å². The average molecular weight is 928 g/mol. The summed E-state index contributed by atoms with van der Waals surface area (Å²) in [6, 6.07) is 0. The van der Waals surface area contributed by atoms with Crippen molar-refractivity contribution in [2.45, 2.75) is 0 Å². The van der Waals surface area contributed by atoms with Gasteiger partial charge in [-0.25, -0.2) is 0 Å². The van der Waals surface area contributed by atoms with Gasteiger partial charge in [-0.3, -0.25) is 0 Å². The van der Waals surface area contributed by atoms with Crippen molar-refractivity contribution in [3.8, 4) is 33.4 Å². The summed E-state index contributed by atoms with van der Waals surface area (Å²) in [4.78, 5) is 0. The van der Waals surface area contributed by atoms with Crippen LogP contribution in [0.5, 0.6) is 0 Å². The number of furan rings is 1. The normalized spacial score (nSPS) is 11.9. The molecule has 330 valence electrons. The summed E-state index contributed by atoms with van der Waals surface area (Å²) >= 11 is 0. The van der Waals surface area contributed by atoms with Gasteiger partial charge in [0.1, 0.15) is 231 Å². The van der Waals surface area contributed by atoms with Crippen LogP contribution in [0.4, 0.5) is 0 Å². The molecule has 0 N–H and O–H groups in total. The van der Waals surface area contributed by atoms with Gasteiger partial charge in [0.2, 0.25) is 0 Å². The van der Waals surface area contributed by atoms with Crippen LogP contribution in [0.3, 0.4) is 0 Å². The first-order valence-electron chi connectivity index (χ1n) is 27.9. The highest BCUT2D eigenvalue weighted by Gasteiger charge is 2.32. The van der Waals surface area contributed by atoms with E-state index in [4.69, 9.17) is 4.42 Å². The highest BCUT2D eigenvalue weighted by Crippen LogP contribution is 2.42. The van der Waals surface area contributed by atoms with Crippen molar-refractivity contribution in [2.75, 3.05) is 0 Å². The molecule has 1 nitrogen and oxygen atoms in total. The fourth-order valence-electron chi connectivity index (χ4n) is 15.1. The van der Waals surface area contributed by atoms with Gasteiger partial charge < -0.3 is 4.42 Å². The molecule has 0 aliphatic rings. The number of benzene rings is 9. The van der Waals surface area contributed by atoms with Crippen LogP contribution < -0.4 is 153 Å². The molecule has 1 heterocycles. The Hall–Kier alpha value is -4.36. The second-order valence-electron chi connectivity index (χ2n) is 24.3. The average Bonchev–Trinajstić information content (AvgIpc) is 3.84. The summed E-state index contributed by atoms with van der Waals surface area (Å²) in [6.07, 6.45) is 0. The van der Waals surface area contributed by atoms with E-state index in [1.165, 1.54) is 240 Å². The molecule has 0 saturated heterocycles. The molecule has 75 heavy (non-hydrogen) atoms. The van der Waals surface area contributed by atoms with E-state index in [9.17, 15) is 0 Å². The molecular weight excluding hydrogens is 871 g/mol. The third-order valence-corrected chi connectivity index (χ3v) is 21.7. The number of rotatable bonds is 3. The SMILES string of the molecule is Bc1c(B)c(-c2c3c(B)c(B)c(B)c(B)c3c(-c3c(B)c4c(B)c(B)c(B)c(B)c4c4c(B)c(B)c(B)c(B)c34)c3c(B)c(B)c(B)c(B)c23)c(B)c(B)c1-c1c(B)c(B)c2oc3c(B)c(B)c(B)c(B)c3c2c1B. The Morgan fingerprint density at radius 2 is 0.307 bits per heavy atom. The van der Waals surface area contributed by atoms with Crippen LogP contribution in [0.15, 0.2) is 4.42 Å². The van der Waals surface area contributed by atoms with E-state index in [1.54, 1.807) is 0 Å². The molecule has 0 aliphatic carbocycles. The van der Waals surface area contributed by atoms with Crippen LogP contribution in [0.2, 0.25) is 0 Å². The fourth-order valence-corrected chi connectivity index (χ4v) is 15.1. The Morgan fingerprint density at radius 3 is 0.667 bits per heavy atom. The number of fused-ring (bicyclic) bond motifs is 8. The van der Waals surface area contributed by atoms with E-state index in [1.807, 2.05) is 0 Å². The second kappa shape index (κ2) is 18.1. The maximum absolute atomic E-state index is 6.97. The lowest BCUT2D eigenvalue weighted by Crippen LogP contribution is -2.52. The smallest absolute Gasteiger partial charge is 0.143 e. The third kappa shape index (κ3) is 6.85. The van der Waals surface area contributed by atoms with Crippen molar-refractivity contribution < 1.29 is 4.42 Å². The van der Waals surface area contributed by atoms with Gasteiger partial charge in [0.05, 0.1) is 0 Å². The highest BCUT2D eigenvalue weighted by molar-refractivity contribution is 6.78. The Morgan fingerprint density at radius 1 is 0.120 bits per heavy atom. The zero-order valence-electron chi connectivity index (χ0n) is 51.4. The third-order valence-electron chi connectivity index (χ3n) is 21.7. The summed E-state index contributed by atoms with van der Waals surface area (Å²) in [6.45, 7) is 0. The van der Waals surface area contributed by atoms with Crippen molar-refractivity contribution in [3.63, 3.8) is 0 Å². The van der Waals surface area contributed by atoms with Crippen molar-refractivity contribution in [2.24, 2.45) is 0 Å². The summed E-state index contributed by atoms with van der Waals surface area (Å²) < 4.78 is 6.97. The molecule has 0 radical (unpaired) electrons. The second-order valence-corrected chi connectivity index (χ2v) is 24.3. The Kier molecular flexibility index (Phi) is 13.0. The van der Waals surface area contributed by atoms with E-state index >= 15 is 0 Å². The number of hydrogen-bond donors (Lipinski definition) is 0. The van der Waals surface area contributed by atoms with Crippen molar-refractivity contribution in [1.29, 1.82) is 0 Å². The van der Waals surface area contributed by atoms with E-state index < -0.39 is 0 Å². The molecule has 0 amide bonds. The van der Waals surface area contributed by atoms with Gasteiger partial charge in [0.15, 0.2) is 0 Å². The molecular formula is C46H56B28O. The topological polar surface area (TPSA) is 13.1 Å². The first-order valence-corrected chi connectivity index (χ1v) is 27.9. The van der Waals surface area contributed by atoms with E-state index in [0.29, 0.717) is 0 Å². The van der Waals surface area contributed by atoms with E-state index in [2.05, 4.69) is 220 Å². The molecule has 0 bridgehead atoms. The minimum absolute atomic E-state index is 1.03. The molecule has 0 unspecified atom stereocenters. The van der Waals surface area contributed by atoms with Gasteiger partial charge >= 0.3 is 0 Å². The van der Waals surface area contributed by atoms with Crippen molar-refractivity contribution in [3.05, 3.63) is 0 Å². The van der Waals surface area contributed by atoms with Gasteiger partial charge in [-0.1, -0.05) is 104 Å². The van der Waals surface area contributed by atoms with Crippen LogP contribution in [-0.2, 0) is 0 Å². The molecule has 29 heteroatoms. The maximum Gasteiger partial charge on any atom is 0.143 e. The Balaban J connectivity index is 1.47. The first-order chi connectivity index (χ1) is 35.0. The summed E-state index contributed by atoms with van der Waals surface area (Å²) in [5.74, 6) is 0. The highest BCUT2D eigenvalue weighted by atomic mass is 16.3. The van der Waals surface area contributed by atoms with Crippen LogP contribution >= 0.6 is 0 Å². The maximum atomic E-state index is 6.97. The van der Waals surface area contributed by atoms with Crippen LogP contribution in [0, 0.1) is 0 Å². The van der Waals surface area contributed by atoms with E-state index in [-0.39, 0.29) is 0 Å². The summed E-state index contributed by atoms with van der Waals surface area (Å²) in [5, 5.41) is 13.9. The molecule has 0 fully saturated rings. The minimum Gasteiger partial charge on any atom is -0.457 e. The predicted octanol–water partition coefficient (Wildman–Crippen LogP) is -35.6. The van der Waals surface area contributed by atoms with Gasteiger partial charge in [-0.05, 0) is 76.5 Å². The summed E-state index contributed by atoms with van der Waals surface area (Å²) in [5.41, 5.74) is 48.7. The fraction of sp³-hybridized carbons (Fsp3) is 0. The first kappa shape index (κ1) is 54.0. The Bertz CT molecular complexity index is 4330. The van der Waals surface area contributed by atoms with Crippen molar-refractivity contribution >= 4 is 438 Å². The molecule has 0 spiro atoms. The molecule has 10 aromatic rings. The van der Waals surface area contributed by atoms with Crippen LogP contribution in [-0.4, -0.2) is 220 Å². The lowest BCUT2D eigenvalue weighted by atomic mass is 9.55. The molecule has 9 aromatic carbocycles.